The first-order valence-corrected chi connectivity index (χ1v) is 7.99. The number of halogens is 1. The van der Waals surface area contributed by atoms with E-state index in [0.717, 1.165) is 11.3 Å². The average molecular weight is 361 g/mol. The van der Waals surface area contributed by atoms with Gasteiger partial charge in [-0.2, -0.15) is 5.10 Å². The number of aryl methyl sites for hydroxylation is 1. The molecule has 25 heavy (non-hydrogen) atoms. The van der Waals surface area contributed by atoms with Crippen molar-refractivity contribution in [3.05, 3.63) is 52.9 Å². The molecule has 0 unspecified atom stereocenters. The lowest BCUT2D eigenvalue weighted by Gasteiger charge is -2.02. The SMILES string of the molecule is COc1cccc(-c2cc(CNC(=O)Cn3cc(Cl)c(C)n3)no2)c1. The highest BCUT2D eigenvalue weighted by atomic mass is 35.5. The van der Waals surface area contributed by atoms with Gasteiger partial charge in [0.15, 0.2) is 5.76 Å². The molecule has 0 saturated carbocycles. The Kier molecular flexibility index (Phi) is 5.04. The van der Waals surface area contributed by atoms with Crippen LogP contribution in [-0.2, 0) is 17.9 Å². The summed E-state index contributed by atoms with van der Waals surface area (Å²) in [6.45, 7) is 2.14. The van der Waals surface area contributed by atoms with Crippen molar-refractivity contribution in [2.45, 2.75) is 20.0 Å². The number of rotatable bonds is 6. The normalized spacial score (nSPS) is 10.7. The van der Waals surface area contributed by atoms with Gasteiger partial charge in [-0.05, 0) is 19.1 Å². The summed E-state index contributed by atoms with van der Waals surface area (Å²) in [7, 11) is 1.61. The first-order valence-electron chi connectivity index (χ1n) is 7.61. The van der Waals surface area contributed by atoms with Gasteiger partial charge < -0.3 is 14.6 Å². The van der Waals surface area contributed by atoms with E-state index in [1.165, 1.54) is 4.68 Å². The Labute approximate surface area is 149 Å². The number of methoxy groups -OCH3 is 1. The maximum atomic E-state index is 12.0. The number of benzene rings is 1. The van der Waals surface area contributed by atoms with Gasteiger partial charge in [0.25, 0.3) is 0 Å². The van der Waals surface area contributed by atoms with Crippen molar-refractivity contribution >= 4 is 17.5 Å². The van der Waals surface area contributed by atoms with Gasteiger partial charge in [-0.3, -0.25) is 9.48 Å². The molecule has 0 aliphatic carbocycles. The molecule has 8 heteroatoms. The van der Waals surface area contributed by atoms with Gasteiger partial charge in [-0.25, -0.2) is 0 Å². The predicted molar refractivity (Wildman–Crippen MR) is 92.3 cm³/mol. The molecular weight excluding hydrogens is 344 g/mol. The molecule has 0 fully saturated rings. The topological polar surface area (TPSA) is 82.2 Å². The van der Waals surface area contributed by atoms with E-state index < -0.39 is 0 Å². The maximum absolute atomic E-state index is 12.0. The third-order valence-electron chi connectivity index (χ3n) is 3.57. The predicted octanol–water partition coefficient (Wildman–Crippen LogP) is 2.82. The molecule has 0 aliphatic rings. The van der Waals surface area contributed by atoms with Crippen LogP contribution in [0.4, 0.5) is 0 Å². The minimum absolute atomic E-state index is 0.0914. The minimum Gasteiger partial charge on any atom is -0.497 e. The van der Waals surface area contributed by atoms with Crippen molar-refractivity contribution in [2.75, 3.05) is 7.11 Å². The fraction of sp³-hybridized carbons (Fsp3) is 0.235. The Morgan fingerprint density at radius 1 is 1.40 bits per heavy atom. The third kappa shape index (κ3) is 4.19. The number of hydrogen-bond donors (Lipinski definition) is 1. The monoisotopic (exact) mass is 360 g/mol. The molecule has 3 aromatic rings. The summed E-state index contributed by atoms with van der Waals surface area (Å²) in [4.78, 5) is 12.0. The summed E-state index contributed by atoms with van der Waals surface area (Å²) in [5.41, 5.74) is 2.17. The van der Waals surface area contributed by atoms with E-state index in [9.17, 15) is 4.79 Å². The zero-order valence-corrected chi connectivity index (χ0v) is 14.6. The Balaban J connectivity index is 1.58. The number of hydrogen-bond acceptors (Lipinski definition) is 5. The van der Waals surface area contributed by atoms with Crippen molar-refractivity contribution in [1.29, 1.82) is 0 Å². The largest absolute Gasteiger partial charge is 0.497 e. The van der Waals surface area contributed by atoms with Crippen LogP contribution >= 0.6 is 11.6 Å². The fourth-order valence-electron chi connectivity index (χ4n) is 2.27. The zero-order valence-electron chi connectivity index (χ0n) is 13.8. The second kappa shape index (κ2) is 7.40. The van der Waals surface area contributed by atoms with Gasteiger partial charge >= 0.3 is 0 Å². The van der Waals surface area contributed by atoms with Gasteiger partial charge in [0, 0.05) is 17.8 Å². The average Bonchev–Trinajstić information content (AvgIpc) is 3.20. The number of carbonyl (C=O) groups excluding carboxylic acids is 1. The van der Waals surface area contributed by atoms with E-state index in [0.29, 0.717) is 22.2 Å². The molecule has 1 aromatic carbocycles. The summed E-state index contributed by atoms with van der Waals surface area (Å²) in [6.07, 6.45) is 1.62. The van der Waals surface area contributed by atoms with Crippen LogP contribution in [0.5, 0.6) is 5.75 Å². The molecule has 0 atom stereocenters. The Morgan fingerprint density at radius 2 is 2.24 bits per heavy atom. The molecular formula is C17H17ClN4O3. The van der Waals surface area contributed by atoms with E-state index in [2.05, 4.69) is 15.6 Å². The first-order chi connectivity index (χ1) is 12.0. The molecule has 7 nitrogen and oxygen atoms in total. The number of ether oxygens (including phenoxy) is 1. The number of carbonyl (C=O) groups is 1. The molecule has 1 N–H and O–H groups in total. The van der Waals surface area contributed by atoms with Crippen LogP contribution in [-0.4, -0.2) is 28.0 Å². The van der Waals surface area contributed by atoms with Gasteiger partial charge in [0.05, 0.1) is 24.4 Å². The van der Waals surface area contributed by atoms with Crippen molar-refractivity contribution < 1.29 is 14.1 Å². The van der Waals surface area contributed by atoms with Gasteiger partial charge in [0.2, 0.25) is 5.91 Å². The lowest BCUT2D eigenvalue weighted by molar-refractivity contribution is -0.122. The second-order valence-electron chi connectivity index (χ2n) is 5.45. The quantitative estimate of drug-likeness (QED) is 0.731. The summed E-state index contributed by atoms with van der Waals surface area (Å²) < 4.78 is 12.0. The summed E-state index contributed by atoms with van der Waals surface area (Å²) in [6, 6.07) is 9.26. The van der Waals surface area contributed by atoms with Crippen molar-refractivity contribution in [3.8, 4) is 17.1 Å². The van der Waals surface area contributed by atoms with E-state index >= 15 is 0 Å². The van der Waals surface area contributed by atoms with Gasteiger partial charge in [-0.1, -0.05) is 28.9 Å². The zero-order chi connectivity index (χ0) is 17.8. The number of nitrogens with zero attached hydrogens (tertiary/aromatic N) is 3. The molecule has 2 aromatic heterocycles. The number of nitrogens with one attached hydrogen (secondary N) is 1. The maximum Gasteiger partial charge on any atom is 0.242 e. The highest BCUT2D eigenvalue weighted by Crippen LogP contribution is 2.24. The summed E-state index contributed by atoms with van der Waals surface area (Å²) in [5.74, 6) is 1.15. The van der Waals surface area contributed by atoms with E-state index in [1.807, 2.05) is 24.3 Å². The molecule has 0 spiro atoms. The van der Waals surface area contributed by atoms with Gasteiger partial charge in [0.1, 0.15) is 18.0 Å². The molecule has 0 bridgehead atoms. The van der Waals surface area contributed by atoms with Crippen LogP contribution in [0.15, 0.2) is 41.1 Å². The van der Waals surface area contributed by atoms with Gasteiger partial charge in [-0.15, -0.1) is 0 Å². The van der Waals surface area contributed by atoms with Crippen LogP contribution in [0, 0.1) is 6.92 Å². The van der Waals surface area contributed by atoms with E-state index in [4.69, 9.17) is 20.9 Å². The van der Waals surface area contributed by atoms with E-state index in [-0.39, 0.29) is 19.0 Å². The Hall–Kier alpha value is -2.80. The van der Waals surface area contributed by atoms with Crippen molar-refractivity contribution in [2.24, 2.45) is 0 Å². The lowest BCUT2D eigenvalue weighted by Crippen LogP contribution is -2.27. The molecule has 2 heterocycles. The minimum atomic E-state index is -0.190. The Morgan fingerprint density at radius 3 is 2.96 bits per heavy atom. The standard InChI is InChI=1S/C17H17ClN4O3/c1-11-15(18)9-22(20-11)10-17(23)19-8-13-7-16(25-21-13)12-4-3-5-14(6-12)24-2/h3-7,9H,8,10H2,1-2H3,(H,19,23). The molecule has 130 valence electrons. The Bertz CT molecular complexity index is 868. The third-order valence-corrected chi connectivity index (χ3v) is 3.94. The molecule has 1 amide bonds. The number of amides is 1. The summed E-state index contributed by atoms with van der Waals surface area (Å²) in [5, 5.41) is 11.4. The summed E-state index contributed by atoms with van der Waals surface area (Å²) >= 11 is 5.92. The second-order valence-corrected chi connectivity index (χ2v) is 5.86. The fourth-order valence-corrected chi connectivity index (χ4v) is 2.42. The van der Waals surface area contributed by atoms with Crippen LogP contribution < -0.4 is 10.1 Å². The van der Waals surface area contributed by atoms with Crippen LogP contribution in [0.25, 0.3) is 11.3 Å². The first kappa shape index (κ1) is 17.0. The van der Waals surface area contributed by atoms with Crippen molar-refractivity contribution in [3.63, 3.8) is 0 Å². The molecule has 0 saturated heterocycles. The molecule has 3 rings (SSSR count). The van der Waals surface area contributed by atoms with E-state index in [1.54, 1.807) is 26.3 Å². The smallest absolute Gasteiger partial charge is 0.242 e. The highest BCUT2D eigenvalue weighted by molar-refractivity contribution is 6.31. The molecule has 0 radical (unpaired) electrons. The molecule has 0 aliphatic heterocycles. The van der Waals surface area contributed by atoms with Crippen LogP contribution in [0.2, 0.25) is 5.02 Å². The lowest BCUT2D eigenvalue weighted by atomic mass is 10.1. The van der Waals surface area contributed by atoms with Crippen LogP contribution in [0.1, 0.15) is 11.4 Å². The highest BCUT2D eigenvalue weighted by Gasteiger charge is 2.10. The van der Waals surface area contributed by atoms with Crippen molar-refractivity contribution in [1.82, 2.24) is 20.3 Å². The number of aromatic nitrogens is 3. The van der Waals surface area contributed by atoms with Crippen LogP contribution in [0.3, 0.4) is 0 Å².